The molecule has 0 unspecified atom stereocenters. The molecular formula is C12H12Cl3NO3. The van der Waals surface area contributed by atoms with Crippen molar-refractivity contribution in [3.05, 3.63) is 27.2 Å². The van der Waals surface area contributed by atoms with Gasteiger partial charge in [0, 0.05) is 19.2 Å². The lowest BCUT2D eigenvalue weighted by Crippen LogP contribution is -2.33. The molecule has 0 radical (unpaired) electrons. The molecule has 0 spiro atoms. The van der Waals surface area contributed by atoms with Crippen molar-refractivity contribution in [2.75, 3.05) is 19.7 Å². The number of carbonyl (C=O) groups excluding carboxylic acids is 1. The Morgan fingerprint density at radius 3 is 2.63 bits per heavy atom. The van der Waals surface area contributed by atoms with Crippen LogP contribution in [0.3, 0.4) is 0 Å². The molecular weight excluding hydrogens is 312 g/mol. The van der Waals surface area contributed by atoms with Crippen LogP contribution in [0, 0.1) is 0 Å². The zero-order valence-corrected chi connectivity index (χ0v) is 12.2. The Morgan fingerprint density at radius 1 is 1.32 bits per heavy atom. The lowest BCUT2D eigenvalue weighted by Gasteiger charge is -2.16. The maximum atomic E-state index is 11.8. The van der Waals surface area contributed by atoms with E-state index in [-0.39, 0.29) is 12.5 Å². The number of amides is 1. The summed E-state index contributed by atoms with van der Waals surface area (Å²) in [5, 5.41) is 10.3. The van der Waals surface area contributed by atoms with Gasteiger partial charge in [-0.25, -0.2) is 0 Å². The number of likely N-dealkylation sites (tertiary alicyclic amines) is 1. The first-order valence-electron chi connectivity index (χ1n) is 5.70. The lowest BCUT2D eigenvalue weighted by molar-refractivity contribution is -0.132. The number of ether oxygens (including phenoxy) is 1. The van der Waals surface area contributed by atoms with Gasteiger partial charge in [-0.3, -0.25) is 4.79 Å². The van der Waals surface area contributed by atoms with Gasteiger partial charge in [-0.2, -0.15) is 0 Å². The van der Waals surface area contributed by atoms with Crippen molar-refractivity contribution >= 4 is 40.7 Å². The molecule has 7 heteroatoms. The molecule has 1 fully saturated rings. The fourth-order valence-electron chi connectivity index (χ4n) is 1.81. The summed E-state index contributed by atoms with van der Waals surface area (Å²) in [4.78, 5) is 13.4. The number of rotatable bonds is 3. The van der Waals surface area contributed by atoms with Crippen LogP contribution in [0.15, 0.2) is 12.1 Å². The second kappa shape index (κ2) is 6.18. The number of hydrogen-bond donors (Lipinski definition) is 1. The van der Waals surface area contributed by atoms with Crippen molar-refractivity contribution < 1.29 is 14.6 Å². The van der Waals surface area contributed by atoms with Gasteiger partial charge < -0.3 is 14.7 Å². The van der Waals surface area contributed by atoms with Gasteiger partial charge in [-0.05, 0) is 12.5 Å². The molecule has 1 N–H and O–H groups in total. The van der Waals surface area contributed by atoms with Gasteiger partial charge in [0.15, 0.2) is 6.61 Å². The van der Waals surface area contributed by atoms with E-state index < -0.39 is 6.10 Å². The number of benzene rings is 1. The fraction of sp³-hybridized carbons (Fsp3) is 0.417. The number of nitrogens with zero attached hydrogens (tertiary/aromatic N) is 1. The first-order chi connectivity index (χ1) is 8.97. The molecule has 1 saturated heterocycles. The highest BCUT2D eigenvalue weighted by molar-refractivity contribution is 6.43. The zero-order chi connectivity index (χ0) is 14.0. The van der Waals surface area contributed by atoms with E-state index in [4.69, 9.17) is 39.5 Å². The molecule has 4 nitrogen and oxygen atoms in total. The van der Waals surface area contributed by atoms with E-state index in [0.29, 0.717) is 40.3 Å². The average Bonchev–Trinajstić information content (AvgIpc) is 2.78. The van der Waals surface area contributed by atoms with Gasteiger partial charge in [-0.1, -0.05) is 34.8 Å². The molecule has 1 atom stereocenters. The Balaban J connectivity index is 1.95. The Bertz CT molecular complexity index is 495. The van der Waals surface area contributed by atoms with Crippen LogP contribution in [-0.2, 0) is 4.79 Å². The van der Waals surface area contributed by atoms with Gasteiger partial charge in [0.2, 0.25) is 0 Å². The molecule has 104 valence electrons. The standard InChI is InChI=1S/C12H12Cl3NO3/c13-8-3-10(15)11(4-9(8)14)19-6-12(18)16-2-1-7(17)5-16/h3-4,7,17H,1-2,5-6H2/t7-/m0/s1. The number of carbonyl (C=O) groups is 1. The van der Waals surface area contributed by atoms with Crippen molar-refractivity contribution in [1.82, 2.24) is 4.90 Å². The smallest absolute Gasteiger partial charge is 0.260 e. The summed E-state index contributed by atoms with van der Waals surface area (Å²) in [6, 6.07) is 2.93. The average molecular weight is 325 g/mol. The highest BCUT2D eigenvalue weighted by Crippen LogP contribution is 2.33. The molecule has 1 aliphatic heterocycles. The number of hydrogen-bond acceptors (Lipinski definition) is 3. The SMILES string of the molecule is O=C(COc1cc(Cl)c(Cl)cc1Cl)N1CC[C@H](O)C1. The third-order valence-corrected chi connectivity index (χ3v) is 3.86. The van der Waals surface area contributed by atoms with Crippen molar-refractivity contribution in [2.24, 2.45) is 0 Å². The Morgan fingerprint density at radius 2 is 2.00 bits per heavy atom. The van der Waals surface area contributed by atoms with Crippen LogP contribution in [0.25, 0.3) is 0 Å². The topological polar surface area (TPSA) is 49.8 Å². The number of aliphatic hydroxyl groups excluding tert-OH is 1. The number of halogens is 3. The Hall–Kier alpha value is -0.680. The van der Waals surface area contributed by atoms with Crippen molar-refractivity contribution in [3.8, 4) is 5.75 Å². The molecule has 1 amide bonds. The molecule has 19 heavy (non-hydrogen) atoms. The van der Waals surface area contributed by atoms with Crippen LogP contribution in [0.2, 0.25) is 15.1 Å². The van der Waals surface area contributed by atoms with Crippen LogP contribution in [0.4, 0.5) is 0 Å². The summed E-state index contributed by atoms with van der Waals surface area (Å²) >= 11 is 17.6. The number of aliphatic hydroxyl groups is 1. The molecule has 2 rings (SSSR count). The second-order valence-corrected chi connectivity index (χ2v) is 5.49. The summed E-state index contributed by atoms with van der Waals surface area (Å²) in [7, 11) is 0. The first kappa shape index (κ1) is 14.7. The van der Waals surface area contributed by atoms with E-state index in [1.807, 2.05) is 0 Å². The molecule has 1 aromatic rings. The van der Waals surface area contributed by atoms with Crippen LogP contribution in [-0.4, -0.2) is 41.7 Å². The number of β-amino-alcohol motifs (C(OH)–C–C–N with tert-alkyl or cyclic N) is 1. The quantitative estimate of drug-likeness (QED) is 0.870. The van der Waals surface area contributed by atoms with Crippen molar-refractivity contribution in [2.45, 2.75) is 12.5 Å². The predicted octanol–water partition coefficient (Wildman–Crippen LogP) is 2.62. The third kappa shape index (κ3) is 3.66. The second-order valence-electron chi connectivity index (χ2n) is 4.27. The monoisotopic (exact) mass is 323 g/mol. The Labute approximate surface area is 125 Å². The van der Waals surface area contributed by atoms with Gasteiger partial charge >= 0.3 is 0 Å². The molecule has 0 aromatic heterocycles. The summed E-state index contributed by atoms with van der Waals surface area (Å²) in [5.41, 5.74) is 0. The van der Waals surface area contributed by atoms with Crippen molar-refractivity contribution in [1.29, 1.82) is 0 Å². The van der Waals surface area contributed by atoms with Gasteiger partial charge in [0.25, 0.3) is 5.91 Å². The van der Waals surface area contributed by atoms with Crippen LogP contribution >= 0.6 is 34.8 Å². The third-order valence-electron chi connectivity index (χ3n) is 2.84. The van der Waals surface area contributed by atoms with E-state index in [2.05, 4.69) is 0 Å². The Kier molecular flexibility index (Phi) is 4.79. The lowest BCUT2D eigenvalue weighted by atomic mass is 10.3. The predicted molar refractivity (Wildman–Crippen MR) is 74.2 cm³/mol. The molecule has 0 saturated carbocycles. The van der Waals surface area contributed by atoms with Crippen LogP contribution in [0.5, 0.6) is 5.75 Å². The highest BCUT2D eigenvalue weighted by atomic mass is 35.5. The minimum absolute atomic E-state index is 0.148. The van der Waals surface area contributed by atoms with Gasteiger partial charge in [-0.15, -0.1) is 0 Å². The largest absolute Gasteiger partial charge is 0.482 e. The highest BCUT2D eigenvalue weighted by Gasteiger charge is 2.24. The summed E-state index contributed by atoms with van der Waals surface area (Å²) < 4.78 is 5.33. The first-order valence-corrected chi connectivity index (χ1v) is 6.84. The normalized spacial score (nSPS) is 18.7. The minimum Gasteiger partial charge on any atom is -0.482 e. The van der Waals surface area contributed by atoms with Gasteiger partial charge in [0.1, 0.15) is 5.75 Å². The van der Waals surface area contributed by atoms with Crippen LogP contribution in [0.1, 0.15) is 6.42 Å². The van der Waals surface area contributed by atoms with Crippen molar-refractivity contribution in [3.63, 3.8) is 0 Å². The summed E-state index contributed by atoms with van der Waals surface area (Å²) in [5.74, 6) is 0.114. The van der Waals surface area contributed by atoms with E-state index in [1.165, 1.54) is 12.1 Å². The van der Waals surface area contributed by atoms with E-state index in [0.717, 1.165) is 0 Å². The summed E-state index contributed by atoms with van der Waals surface area (Å²) in [6.07, 6.45) is 0.150. The van der Waals surface area contributed by atoms with E-state index in [9.17, 15) is 9.90 Å². The molecule has 1 heterocycles. The summed E-state index contributed by atoms with van der Waals surface area (Å²) in [6.45, 7) is 0.736. The minimum atomic E-state index is -0.447. The molecule has 1 aromatic carbocycles. The van der Waals surface area contributed by atoms with E-state index in [1.54, 1.807) is 4.90 Å². The van der Waals surface area contributed by atoms with E-state index >= 15 is 0 Å². The maximum absolute atomic E-state index is 11.8. The molecule has 0 bridgehead atoms. The van der Waals surface area contributed by atoms with Crippen LogP contribution < -0.4 is 4.74 Å². The molecule has 0 aliphatic carbocycles. The zero-order valence-electron chi connectivity index (χ0n) is 9.91. The fourth-order valence-corrected chi connectivity index (χ4v) is 2.41. The van der Waals surface area contributed by atoms with Gasteiger partial charge in [0.05, 0.1) is 21.2 Å². The maximum Gasteiger partial charge on any atom is 0.260 e. The molecule has 1 aliphatic rings.